The molecule has 0 amide bonds. The second-order valence-corrected chi connectivity index (χ2v) is 7.64. The Kier molecular flexibility index (Phi) is 6.18. The van der Waals surface area contributed by atoms with Crippen molar-refractivity contribution in [1.82, 2.24) is 0 Å². The first-order chi connectivity index (χ1) is 11.2. The molecule has 0 unspecified atom stereocenters. The molecule has 2 aromatic carbocycles. The normalized spacial score (nSPS) is 11.2. The number of carbonyl (C=O) groups excluding carboxylic acids is 1. The summed E-state index contributed by atoms with van der Waals surface area (Å²) in [7, 11) is 0. The molecule has 0 saturated carbocycles. The highest BCUT2D eigenvalue weighted by atomic mass is 32.2. The molecular weight excluding hydrogens is 353 g/mol. The van der Waals surface area contributed by atoms with Crippen LogP contribution in [0.1, 0.15) is 11.1 Å². The first-order valence-electron chi connectivity index (χ1n) is 7.06. The zero-order valence-corrected chi connectivity index (χ0v) is 14.7. The molecule has 0 bridgehead atoms. The first kappa shape index (κ1) is 18.7. The van der Waals surface area contributed by atoms with Crippen LogP contribution in [-0.4, -0.2) is 12.0 Å². The molecule has 24 heavy (non-hydrogen) atoms. The molecule has 6 heteroatoms. The van der Waals surface area contributed by atoms with Crippen LogP contribution >= 0.6 is 23.5 Å². The quantitative estimate of drug-likeness (QED) is 0.465. The summed E-state index contributed by atoms with van der Waals surface area (Å²) in [6.07, 6.45) is -4.21. The van der Waals surface area contributed by atoms with Crippen LogP contribution in [0.2, 0.25) is 0 Å². The van der Waals surface area contributed by atoms with Crippen LogP contribution in [-0.2, 0) is 4.79 Å². The Bertz CT molecular complexity index is 683. The Balaban J connectivity index is 2.26. The van der Waals surface area contributed by atoms with E-state index in [2.05, 4.69) is 0 Å². The van der Waals surface area contributed by atoms with Gasteiger partial charge in [0.15, 0.2) is 0 Å². The summed E-state index contributed by atoms with van der Waals surface area (Å²) < 4.78 is 38.0. The molecule has 0 aliphatic rings. The minimum atomic E-state index is -4.87. The van der Waals surface area contributed by atoms with Crippen LogP contribution in [0.3, 0.4) is 0 Å². The molecule has 0 fully saturated rings. The predicted molar refractivity (Wildman–Crippen MR) is 93.2 cm³/mol. The minimum Gasteiger partial charge on any atom is -0.285 e. The number of carbonyl (C=O) groups is 1. The van der Waals surface area contributed by atoms with Crippen molar-refractivity contribution in [3.05, 3.63) is 70.0 Å². The summed E-state index contributed by atoms with van der Waals surface area (Å²) in [5.41, 5.74) is 2.12. The molecule has 0 atom stereocenters. The van der Waals surface area contributed by atoms with Gasteiger partial charge < -0.3 is 0 Å². The third kappa shape index (κ3) is 5.76. The maximum atomic E-state index is 12.6. The van der Waals surface area contributed by atoms with E-state index in [1.54, 1.807) is 0 Å². The van der Waals surface area contributed by atoms with Gasteiger partial charge in [0, 0.05) is 15.9 Å². The van der Waals surface area contributed by atoms with Crippen LogP contribution < -0.4 is 0 Å². The molecule has 0 N–H and O–H groups in total. The average molecular weight is 368 g/mol. The number of aryl methyl sites for hydroxylation is 2. The van der Waals surface area contributed by atoms with Gasteiger partial charge in [-0.25, -0.2) is 0 Å². The largest absolute Gasteiger partial charge is 0.454 e. The van der Waals surface area contributed by atoms with Crippen molar-refractivity contribution in [2.45, 2.75) is 29.8 Å². The third-order valence-corrected chi connectivity index (χ3v) is 5.16. The van der Waals surface area contributed by atoms with E-state index in [1.165, 1.54) is 0 Å². The predicted octanol–water partition coefficient (Wildman–Crippen LogP) is 6.16. The Morgan fingerprint density at radius 3 is 1.54 bits per heavy atom. The summed E-state index contributed by atoms with van der Waals surface area (Å²) >= 11 is 2.29. The van der Waals surface area contributed by atoms with Crippen molar-refractivity contribution in [3.8, 4) is 0 Å². The maximum Gasteiger partial charge on any atom is 0.454 e. The van der Waals surface area contributed by atoms with Gasteiger partial charge in [-0.1, -0.05) is 58.9 Å². The molecule has 0 aliphatic carbocycles. The fourth-order valence-electron chi connectivity index (χ4n) is 1.71. The Morgan fingerprint density at radius 2 is 1.21 bits per heavy atom. The van der Waals surface area contributed by atoms with Gasteiger partial charge in [-0.3, -0.25) is 4.79 Å². The highest BCUT2D eigenvalue weighted by molar-refractivity contribution is 8.22. The zero-order chi connectivity index (χ0) is 17.7. The number of thioether (sulfide) groups is 2. The van der Waals surface area contributed by atoms with E-state index in [1.807, 2.05) is 62.4 Å². The lowest BCUT2D eigenvalue weighted by Crippen LogP contribution is -2.20. The van der Waals surface area contributed by atoms with Crippen molar-refractivity contribution in [3.63, 3.8) is 0 Å². The van der Waals surface area contributed by atoms with Crippen molar-refractivity contribution < 1.29 is 18.0 Å². The van der Waals surface area contributed by atoms with E-state index >= 15 is 0 Å². The standard InChI is InChI=1S/C18H15F3OS2/c1-12-3-7-14(8-4-12)23-17(11-16(22)18(19,20)21)24-15-9-5-13(2)6-10-15/h3-11H,1-2H3. The number of halogens is 3. The fraction of sp³-hybridized carbons (Fsp3) is 0.167. The van der Waals surface area contributed by atoms with Crippen LogP contribution in [0.25, 0.3) is 0 Å². The van der Waals surface area contributed by atoms with Gasteiger partial charge in [0.1, 0.15) is 0 Å². The molecular formula is C18H15F3OS2. The minimum absolute atomic E-state index is 0.282. The second kappa shape index (κ2) is 7.94. The van der Waals surface area contributed by atoms with Crippen molar-refractivity contribution in [2.75, 3.05) is 0 Å². The number of alkyl halides is 3. The van der Waals surface area contributed by atoms with Gasteiger partial charge in [-0.05, 0) is 38.1 Å². The van der Waals surface area contributed by atoms with Crippen molar-refractivity contribution in [2.24, 2.45) is 0 Å². The van der Waals surface area contributed by atoms with Gasteiger partial charge in [0.2, 0.25) is 0 Å². The molecule has 0 heterocycles. The van der Waals surface area contributed by atoms with Crippen molar-refractivity contribution in [1.29, 1.82) is 0 Å². The van der Waals surface area contributed by atoms with E-state index in [4.69, 9.17) is 0 Å². The number of rotatable bonds is 5. The number of benzene rings is 2. The molecule has 0 saturated heterocycles. The first-order valence-corrected chi connectivity index (χ1v) is 8.69. The lowest BCUT2D eigenvalue weighted by molar-refractivity contribution is -0.165. The summed E-state index contributed by atoms with van der Waals surface area (Å²) in [5.74, 6) is -1.85. The highest BCUT2D eigenvalue weighted by Crippen LogP contribution is 2.40. The zero-order valence-electron chi connectivity index (χ0n) is 13.1. The molecule has 126 valence electrons. The lowest BCUT2D eigenvalue weighted by Gasteiger charge is -2.09. The van der Waals surface area contributed by atoms with Gasteiger partial charge in [-0.15, -0.1) is 0 Å². The maximum absolute atomic E-state index is 12.6. The number of hydrogen-bond acceptors (Lipinski definition) is 3. The molecule has 0 aromatic heterocycles. The summed E-state index contributed by atoms with van der Waals surface area (Å²) in [4.78, 5) is 12.9. The van der Waals surface area contributed by atoms with Crippen molar-refractivity contribution >= 4 is 29.3 Å². The Hall–Kier alpha value is -1.66. The topological polar surface area (TPSA) is 17.1 Å². The summed E-state index contributed by atoms with van der Waals surface area (Å²) in [6, 6.07) is 14.8. The smallest absolute Gasteiger partial charge is 0.285 e. The van der Waals surface area contributed by atoms with Gasteiger partial charge in [-0.2, -0.15) is 13.2 Å². The Morgan fingerprint density at radius 1 is 0.833 bits per heavy atom. The fourth-order valence-corrected chi connectivity index (χ4v) is 3.80. The summed E-state index contributed by atoms with van der Waals surface area (Å²) in [5, 5.41) is 0. The molecule has 0 radical (unpaired) electrons. The van der Waals surface area contributed by atoms with E-state index in [0.717, 1.165) is 44.4 Å². The van der Waals surface area contributed by atoms with Gasteiger partial charge in [0.05, 0.1) is 4.24 Å². The molecule has 0 spiro atoms. The van der Waals surface area contributed by atoms with Crippen LogP contribution in [0.5, 0.6) is 0 Å². The van der Waals surface area contributed by atoms with E-state index in [-0.39, 0.29) is 4.24 Å². The summed E-state index contributed by atoms with van der Waals surface area (Å²) in [6.45, 7) is 3.86. The second-order valence-electron chi connectivity index (χ2n) is 5.16. The lowest BCUT2D eigenvalue weighted by atomic mass is 10.2. The monoisotopic (exact) mass is 368 g/mol. The van der Waals surface area contributed by atoms with Gasteiger partial charge >= 0.3 is 6.18 Å². The molecule has 2 rings (SSSR count). The number of ketones is 1. The molecule has 1 nitrogen and oxygen atoms in total. The van der Waals surface area contributed by atoms with E-state index in [9.17, 15) is 18.0 Å². The number of allylic oxidation sites excluding steroid dienone is 1. The highest BCUT2D eigenvalue weighted by Gasteiger charge is 2.36. The average Bonchev–Trinajstić information content (AvgIpc) is 2.51. The van der Waals surface area contributed by atoms with Crippen LogP contribution in [0.15, 0.2) is 68.6 Å². The van der Waals surface area contributed by atoms with E-state index in [0.29, 0.717) is 6.08 Å². The Labute approximate surface area is 147 Å². The third-order valence-electron chi connectivity index (χ3n) is 3.01. The van der Waals surface area contributed by atoms with E-state index < -0.39 is 12.0 Å². The SMILES string of the molecule is Cc1ccc(SC(=CC(=O)C(F)(F)F)Sc2ccc(C)cc2)cc1. The molecule has 2 aromatic rings. The van der Waals surface area contributed by atoms with Gasteiger partial charge in [0.25, 0.3) is 5.78 Å². The van der Waals surface area contributed by atoms with Crippen LogP contribution in [0.4, 0.5) is 13.2 Å². The number of hydrogen-bond donors (Lipinski definition) is 0. The molecule has 0 aliphatic heterocycles. The van der Waals surface area contributed by atoms with Crippen LogP contribution in [0, 0.1) is 13.8 Å².